The lowest BCUT2D eigenvalue weighted by molar-refractivity contribution is -0.134. The number of Topliss-reactive ketones (excluding diaryl/α,β-unsaturated/α-hetero) is 1. The molecule has 11 heavy (non-hydrogen) atoms. The standard InChI is InChI=1S/C8H15NO2/c1-6(2)9(8(4)11)5-7(3)10/h6H,5H2,1-4H3. The molecule has 0 aromatic carbocycles. The number of carbonyl (C=O) groups excluding carboxylic acids is 2. The fourth-order valence-corrected chi connectivity index (χ4v) is 0.897. The molecule has 0 aliphatic heterocycles. The van der Waals surface area contributed by atoms with E-state index in [1.54, 1.807) is 4.90 Å². The second kappa shape index (κ2) is 4.11. The number of amides is 1. The number of ketones is 1. The Balaban J connectivity index is 4.12. The van der Waals surface area contributed by atoms with Crippen molar-refractivity contribution in [1.29, 1.82) is 0 Å². The van der Waals surface area contributed by atoms with E-state index < -0.39 is 0 Å². The summed E-state index contributed by atoms with van der Waals surface area (Å²) in [6, 6.07) is 0.108. The van der Waals surface area contributed by atoms with Crippen LogP contribution in [0.5, 0.6) is 0 Å². The van der Waals surface area contributed by atoms with Crippen LogP contribution in [-0.2, 0) is 9.59 Å². The molecule has 0 aromatic heterocycles. The average Bonchev–Trinajstić information content (AvgIpc) is 1.81. The highest BCUT2D eigenvalue weighted by Gasteiger charge is 2.13. The van der Waals surface area contributed by atoms with Crippen LogP contribution in [0.3, 0.4) is 0 Å². The molecule has 0 bridgehead atoms. The monoisotopic (exact) mass is 157 g/mol. The molecular formula is C8H15NO2. The Morgan fingerprint density at radius 2 is 1.73 bits per heavy atom. The normalized spacial score (nSPS) is 9.91. The van der Waals surface area contributed by atoms with E-state index in [1.807, 2.05) is 13.8 Å². The molecular weight excluding hydrogens is 142 g/mol. The topological polar surface area (TPSA) is 37.4 Å². The molecule has 0 saturated carbocycles. The summed E-state index contributed by atoms with van der Waals surface area (Å²) in [5.41, 5.74) is 0. The first-order chi connectivity index (χ1) is 4.95. The highest BCUT2D eigenvalue weighted by atomic mass is 16.2. The summed E-state index contributed by atoms with van der Waals surface area (Å²) < 4.78 is 0. The van der Waals surface area contributed by atoms with Gasteiger partial charge in [0.2, 0.25) is 5.91 Å². The molecule has 0 saturated heterocycles. The van der Waals surface area contributed by atoms with Gasteiger partial charge in [0, 0.05) is 13.0 Å². The smallest absolute Gasteiger partial charge is 0.220 e. The van der Waals surface area contributed by atoms with Crippen LogP contribution in [-0.4, -0.2) is 29.2 Å². The number of nitrogens with zero attached hydrogens (tertiary/aromatic N) is 1. The van der Waals surface area contributed by atoms with Crippen molar-refractivity contribution >= 4 is 11.7 Å². The average molecular weight is 157 g/mol. The first-order valence-electron chi connectivity index (χ1n) is 3.71. The van der Waals surface area contributed by atoms with E-state index in [0.29, 0.717) is 0 Å². The Hall–Kier alpha value is -0.860. The van der Waals surface area contributed by atoms with E-state index in [1.165, 1.54) is 13.8 Å². The van der Waals surface area contributed by atoms with Crippen LogP contribution in [0.2, 0.25) is 0 Å². The zero-order valence-corrected chi connectivity index (χ0v) is 7.55. The van der Waals surface area contributed by atoms with E-state index in [4.69, 9.17) is 0 Å². The predicted molar refractivity (Wildman–Crippen MR) is 43.2 cm³/mol. The van der Waals surface area contributed by atoms with Gasteiger partial charge in [-0.15, -0.1) is 0 Å². The Morgan fingerprint density at radius 3 is 1.82 bits per heavy atom. The van der Waals surface area contributed by atoms with E-state index in [9.17, 15) is 9.59 Å². The van der Waals surface area contributed by atoms with Gasteiger partial charge in [0.25, 0.3) is 0 Å². The highest BCUT2D eigenvalue weighted by Crippen LogP contribution is 1.97. The largest absolute Gasteiger partial charge is 0.333 e. The molecule has 0 unspecified atom stereocenters. The van der Waals surface area contributed by atoms with Crippen molar-refractivity contribution in [3.8, 4) is 0 Å². The van der Waals surface area contributed by atoms with E-state index in [2.05, 4.69) is 0 Å². The van der Waals surface area contributed by atoms with Crippen LogP contribution in [0.1, 0.15) is 27.7 Å². The lowest BCUT2D eigenvalue weighted by atomic mass is 10.3. The van der Waals surface area contributed by atoms with Gasteiger partial charge >= 0.3 is 0 Å². The Bertz CT molecular complexity index is 163. The summed E-state index contributed by atoms with van der Waals surface area (Å²) in [5.74, 6) is -0.0240. The third-order valence-electron chi connectivity index (χ3n) is 1.42. The summed E-state index contributed by atoms with van der Waals surface area (Å²) in [4.78, 5) is 23.1. The Morgan fingerprint density at radius 1 is 1.27 bits per heavy atom. The van der Waals surface area contributed by atoms with Gasteiger partial charge in [0.15, 0.2) is 0 Å². The maximum absolute atomic E-state index is 10.9. The SMILES string of the molecule is CC(=O)CN(C(C)=O)C(C)C. The molecule has 0 heterocycles. The number of hydrogen-bond acceptors (Lipinski definition) is 2. The lowest BCUT2D eigenvalue weighted by Crippen LogP contribution is -2.38. The van der Waals surface area contributed by atoms with Crippen LogP contribution in [0.15, 0.2) is 0 Å². The summed E-state index contributed by atoms with van der Waals surface area (Å²) in [6.07, 6.45) is 0. The molecule has 0 rings (SSSR count). The van der Waals surface area contributed by atoms with Crippen molar-refractivity contribution in [2.24, 2.45) is 0 Å². The van der Waals surface area contributed by atoms with Crippen LogP contribution >= 0.6 is 0 Å². The predicted octanol–water partition coefficient (Wildman–Crippen LogP) is 0.832. The minimum absolute atomic E-state index is 0.0221. The van der Waals surface area contributed by atoms with Gasteiger partial charge in [0.1, 0.15) is 5.78 Å². The quantitative estimate of drug-likeness (QED) is 0.608. The Labute approximate surface area is 67.4 Å². The summed E-state index contributed by atoms with van der Waals surface area (Å²) >= 11 is 0. The molecule has 3 nitrogen and oxygen atoms in total. The highest BCUT2D eigenvalue weighted by molar-refractivity contribution is 5.83. The number of hydrogen-bond donors (Lipinski definition) is 0. The summed E-state index contributed by atoms with van der Waals surface area (Å²) in [6.45, 7) is 6.98. The van der Waals surface area contributed by atoms with E-state index in [-0.39, 0.29) is 24.3 Å². The van der Waals surface area contributed by atoms with Crippen LogP contribution in [0.4, 0.5) is 0 Å². The van der Waals surface area contributed by atoms with Gasteiger partial charge in [-0.2, -0.15) is 0 Å². The van der Waals surface area contributed by atoms with Crippen molar-refractivity contribution in [2.75, 3.05) is 6.54 Å². The molecule has 0 fully saturated rings. The first kappa shape index (κ1) is 10.1. The van der Waals surface area contributed by atoms with Gasteiger partial charge in [-0.3, -0.25) is 9.59 Å². The first-order valence-corrected chi connectivity index (χ1v) is 3.71. The summed E-state index contributed by atoms with van der Waals surface area (Å²) in [5, 5.41) is 0. The molecule has 0 radical (unpaired) electrons. The molecule has 0 aliphatic carbocycles. The molecule has 0 N–H and O–H groups in total. The van der Waals surface area contributed by atoms with Crippen molar-refractivity contribution in [1.82, 2.24) is 4.90 Å². The van der Waals surface area contributed by atoms with Crippen molar-refractivity contribution in [2.45, 2.75) is 33.7 Å². The lowest BCUT2D eigenvalue weighted by Gasteiger charge is -2.23. The maximum atomic E-state index is 10.9. The molecule has 0 aromatic rings. The molecule has 3 heteroatoms. The van der Waals surface area contributed by atoms with E-state index >= 15 is 0 Å². The van der Waals surface area contributed by atoms with Crippen LogP contribution in [0, 0.1) is 0 Å². The fraction of sp³-hybridized carbons (Fsp3) is 0.750. The second-order valence-electron chi connectivity index (χ2n) is 2.94. The van der Waals surface area contributed by atoms with Crippen LogP contribution < -0.4 is 0 Å². The number of carbonyl (C=O) groups is 2. The molecule has 1 amide bonds. The van der Waals surface area contributed by atoms with Gasteiger partial charge in [0.05, 0.1) is 6.54 Å². The third kappa shape index (κ3) is 3.75. The van der Waals surface area contributed by atoms with Crippen molar-refractivity contribution in [3.63, 3.8) is 0 Å². The van der Waals surface area contributed by atoms with Gasteiger partial charge in [-0.25, -0.2) is 0 Å². The second-order valence-corrected chi connectivity index (χ2v) is 2.94. The minimum atomic E-state index is -0.0461. The molecule has 0 atom stereocenters. The molecule has 64 valence electrons. The summed E-state index contributed by atoms with van der Waals surface area (Å²) in [7, 11) is 0. The zero-order valence-electron chi connectivity index (χ0n) is 7.55. The molecule has 0 spiro atoms. The van der Waals surface area contributed by atoms with Gasteiger partial charge < -0.3 is 4.90 Å². The third-order valence-corrected chi connectivity index (χ3v) is 1.42. The Kier molecular flexibility index (Phi) is 3.79. The number of rotatable bonds is 3. The van der Waals surface area contributed by atoms with Crippen LogP contribution in [0.25, 0.3) is 0 Å². The van der Waals surface area contributed by atoms with Gasteiger partial charge in [-0.05, 0) is 20.8 Å². The van der Waals surface area contributed by atoms with E-state index in [0.717, 1.165) is 0 Å². The van der Waals surface area contributed by atoms with Gasteiger partial charge in [-0.1, -0.05) is 0 Å². The van der Waals surface area contributed by atoms with Crippen molar-refractivity contribution in [3.05, 3.63) is 0 Å². The molecule has 0 aliphatic rings. The van der Waals surface area contributed by atoms with Crippen molar-refractivity contribution < 1.29 is 9.59 Å². The maximum Gasteiger partial charge on any atom is 0.220 e. The minimum Gasteiger partial charge on any atom is -0.333 e. The fourth-order valence-electron chi connectivity index (χ4n) is 0.897. The zero-order chi connectivity index (χ0) is 9.02.